The molecular formula is C17H18O5. The largest absolute Gasteiger partial charge is 0.493 e. The molecule has 2 heterocycles. The van der Waals surface area contributed by atoms with Crippen molar-refractivity contribution in [3.8, 4) is 17.1 Å². The predicted molar refractivity (Wildman–Crippen MR) is 80.3 cm³/mol. The third-order valence-corrected chi connectivity index (χ3v) is 3.80. The van der Waals surface area contributed by atoms with E-state index in [2.05, 4.69) is 0 Å². The molecule has 2 aromatic rings. The first-order valence-corrected chi connectivity index (χ1v) is 7.28. The first kappa shape index (κ1) is 14.7. The molecule has 1 fully saturated rings. The second-order valence-electron chi connectivity index (χ2n) is 5.45. The van der Waals surface area contributed by atoms with Crippen molar-refractivity contribution in [2.45, 2.75) is 13.3 Å². The molecule has 0 bridgehead atoms. The van der Waals surface area contributed by atoms with Crippen LogP contribution in [0.3, 0.4) is 0 Å². The van der Waals surface area contributed by atoms with Crippen LogP contribution in [-0.4, -0.2) is 30.9 Å². The normalized spacial score (nSPS) is 17.6. The molecule has 0 saturated carbocycles. The molecule has 1 aliphatic heterocycles. The minimum absolute atomic E-state index is 0.191. The van der Waals surface area contributed by atoms with Crippen LogP contribution in [0.25, 0.3) is 11.3 Å². The number of rotatable bonds is 5. The van der Waals surface area contributed by atoms with E-state index in [9.17, 15) is 4.79 Å². The van der Waals surface area contributed by atoms with E-state index in [-0.39, 0.29) is 5.56 Å². The van der Waals surface area contributed by atoms with Gasteiger partial charge in [0.25, 0.3) is 0 Å². The Bertz CT molecular complexity index is 650. The molecule has 5 nitrogen and oxygen atoms in total. The van der Waals surface area contributed by atoms with E-state index in [0.29, 0.717) is 24.0 Å². The zero-order valence-corrected chi connectivity index (χ0v) is 12.4. The van der Waals surface area contributed by atoms with Crippen LogP contribution in [-0.2, 0) is 4.74 Å². The van der Waals surface area contributed by atoms with Crippen LogP contribution in [0.4, 0.5) is 0 Å². The van der Waals surface area contributed by atoms with Gasteiger partial charge in [0.05, 0.1) is 13.2 Å². The Hall–Kier alpha value is -2.27. The van der Waals surface area contributed by atoms with Crippen LogP contribution in [0, 0.1) is 12.8 Å². The van der Waals surface area contributed by atoms with Gasteiger partial charge >= 0.3 is 5.97 Å². The summed E-state index contributed by atoms with van der Waals surface area (Å²) in [6.45, 7) is 3.88. The van der Waals surface area contributed by atoms with E-state index in [1.54, 1.807) is 13.0 Å². The molecule has 0 radical (unpaired) electrons. The number of aryl methyl sites for hydroxylation is 1. The Labute approximate surface area is 128 Å². The number of hydrogen-bond donors (Lipinski definition) is 1. The van der Waals surface area contributed by atoms with Crippen molar-refractivity contribution in [2.24, 2.45) is 5.92 Å². The second kappa shape index (κ2) is 6.23. The summed E-state index contributed by atoms with van der Waals surface area (Å²) in [6.07, 6.45) is 1.04. The second-order valence-corrected chi connectivity index (χ2v) is 5.45. The van der Waals surface area contributed by atoms with Crippen LogP contribution < -0.4 is 4.74 Å². The summed E-state index contributed by atoms with van der Waals surface area (Å²) in [4.78, 5) is 11.0. The third-order valence-electron chi connectivity index (χ3n) is 3.80. The SMILES string of the molecule is Cc1oc(-c2ccc(OCC3CCOC3)cc2)cc1C(=O)O. The van der Waals surface area contributed by atoms with Crippen LogP contribution in [0.5, 0.6) is 5.75 Å². The molecule has 0 amide bonds. The maximum atomic E-state index is 11.0. The zero-order chi connectivity index (χ0) is 15.5. The lowest BCUT2D eigenvalue weighted by molar-refractivity contribution is 0.0695. The fraction of sp³-hybridized carbons (Fsp3) is 0.353. The number of aromatic carboxylic acids is 1. The summed E-state index contributed by atoms with van der Waals surface area (Å²) in [5.74, 6) is 1.23. The molecule has 1 aromatic carbocycles. The van der Waals surface area contributed by atoms with Gasteiger partial charge in [0, 0.05) is 18.1 Å². The van der Waals surface area contributed by atoms with E-state index in [1.807, 2.05) is 24.3 Å². The molecule has 3 rings (SSSR count). The van der Waals surface area contributed by atoms with E-state index in [4.69, 9.17) is 19.0 Å². The van der Waals surface area contributed by atoms with E-state index >= 15 is 0 Å². The van der Waals surface area contributed by atoms with Crippen LogP contribution in [0.2, 0.25) is 0 Å². The highest BCUT2D eigenvalue weighted by Gasteiger charge is 2.17. The van der Waals surface area contributed by atoms with Gasteiger partial charge in [-0.1, -0.05) is 0 Å². The number of carboxylic acids is 1. The Kier molecular flexibility index (Phi) is 4.15. The van der Waals surface area contributed by atoms with E-state index in [1.165, 1.54) is 0 Å². The van der Waals surface area contributed by atoms with E-state index < -0.39 is 5.97 Å². The summed E-state index contributed by atoms with van der Waals surface area (Å²) in [7, 11) is 0. The zero-order valence-electron chi connectivity index (χ0n) is 12.4. The standard InChI is InChI=1S/C17H18O5/c1-11-15(17(18)19)8-16(22-11)13-2-4-14(5-3-13)21-10-12-6-7-20-9-12/h2-5,8,12H,6-7,9-10H2,1H3,(H,18,19). The van der Waals surface area contributed by atoms with Gasteiger partial charge in [0.2, 0.25) is 0 Å². The lowest BCUT2D eigenvalue weighted by Gasteiger charge is -2.10. The average Bonchev–Trinajstić information content (AvgIpc) is 3.15. The lowest BCUT2D eigenvalue weighted by atomic mass is 10.1. The maximum Gasteiger partial charge on any atom is 0.339 e. The molecule has 1 saturated heterocycles. The molecule has 1 unspecified atom stereocenters. The van der Waals surface area contributed by atoms with Crippen LogP contribution in [0.1, 0.15) is 22.5 Å². The average molecular weight is 302 g/mol. The Morgan fingerprint density at radius 2 is 2.14 bits per heavy atom. The lowest BCUT2D eigenvalue weighted by Crippen LogP contribution is -2.11. The fourth-order valence-corrected chi connectivity index (χ4v) is 2.48. The molecule has 1 aromatic heterocycles. The maximum absolute atomic E-state index is 11.0. The summed E-state index contributed by atoms with van der Waals surface area (Å²) in [6, 6.07) is 9.00. The predicted octanol–water partition coefficient (Wildman–Crippen LogP) is 3.37. The third kappa shape index (κ3) is 3.14. The van der Waals surface area contributed by atoms with Gasteiger partial charge in [-0.25, -0.2) is 4.79 Å². The molecular weight excluding hydrogens is 284 g/mol. The molecule has 0 aliphatic carbocycles. The van der Waals surface area contributed by atoms with Crippen LogP contribution in [0.15, 0.2) is 34.7 Å². The highest BCUT2D eigenvalue weighted by molar-refractivity contribution is 5.90. The first-order chi connectivity index (χ1) is 10.6. The van der Waals surface area contributed by atoms with Gasteiger partial charge in [-0.15, -0.1) is 0 Å². The number of ether oxygens (including phenoxy) is 2. The van der Waals surface area contributed by atoms with Gasteiger partial charge in [-0.05, 0) is 43.7 Å². The summed E-state index contributed by atoms with van der Waals surface area (Å²) < 4.78 is 16.6. The van der Waals surface area contributed by atoms with Gasteiger partial charge in [-0.2, -0.15) is 0 Å². The minimum atomic E-state index is -0.980. The van der Waals surface area contributed by atoms with Gasteiger partial charge in [-0.3, -0.25) is 0 Å². The fourth-order valence-electron chi connectivity index (χ4n) is 2.48. The molecule has 1 aliphatic rings. The number of hydrogen-bond acceptors (Lipinski definition) is 4. The van der Waals surface area contributed by atoms with E-state index in [0.717, 1.165) is 30.9 Å². The van der Waals surface area contributed by atoms with Gasteiger partial charge in [0.15, 0.2) is 0 Å². The van der Waals surface area contributed by atoms with Gasteiger partial charge < -0.3 is 19.0 Å². The molecule has 1 N–H and O–H groups in total. The highest BCUT2D eigenvalue weighted by Crippen LogP contribution is 2.27. The van der Waals surface area contributed by atoms with Crippen molar-refractivity contribution in [3.05, 3.63) is 41.7 Å². The molecule has 116 valence electrons. The highest BCUT2D eigenvalue weighted by atomic mass is 16.5. The molecule has 5 heteroatoms. The van der Waals surface area contributed by atoms with Crippen molar-refractivity contribution in [1.29, 1.82) is 0 Å². The van der Waals surface area contributed by atoms with Crippen molar-refractivity contribution in [3.63, 3.8) is 0 Å². The number of carboxylic acid groups (broad SMARTS) is 1. The van der Waals surface area contributed by atoms with Gasteiger partial charge in [0.1, 0.15) is 22.8 Å². The van der Waals surface area contributed by atoms with Crippen LogP contribution >= 0.6 is 0 Å². The van der Waals surface area contributed by atoms with Crippen molar-refractivity contribution in [2.75, 3.05) is 19.8 Å². The monoisotopic (exact) mass is 302 g/mol. The smallest absolute Gasteiger partial charge is 0.339 e. The van der Waals surface area contributed by atoms with Crippen molar-refractivity contribution >= 4 is 5.97 Å². The Morgan fingerprint density at radius 3 is 2.73 bits per heavy atom. The van der Waals surface area contributed by atoms with Crippen molar-refractivity contribution < 1.29 is 23.8 Å². The summed E-state index contributed by atoms with van der Waals surface area (Å²) in [5.41, 5.74) is 1.02. The Balaban J connectivity index is 1.68. The minimum Gasteiger partial charge on any atom is -0.493 e. The topological polar surface area (TPSA) is 68.9 Å². The van der Waals surface area contributed by atoms with Crippen molar-refractivity contribution in [1.82, 2.24) is 0 Å². The summed E-state index contributed by atoms with van der Waals surface area (Å²) >= 11 is 0. The number of carbonyl (C=O) groups is 1. The first-order valence-electron chi connectivity index (χ1n) is 7.28. The molecule has 0 spiro atoms. The Morgan fingerprint density at radius 1 is 1.36 bits per heavy atom. The number of benzene rings is 1. The summed E-state index contributed by atoms with van der Waals surface area (Å²) in [5, 5.41) is 9.05. The molecule has 22 heavy (non-hydrogen) atoms. The number of furan rings is 1. The molecule has 1 atom stereocenters. The quantitative estimate of drug-likeness (QED) is 0.917.